The van der Waals surface area contributed by atoms with Crippen LogP contribution in [0.2, 0.25) is 0 Å². The van der Waals surface area contributed by atoms with E-state index < -0.39 is 0 Å². The minimum atomic E-state index is 0.0555. The number of methoxy groups -OCH3 is 1. The molecule has 7 nitrogen and oxygen atoms in total. The maximum absolute atomic E-state index is 12.7. The normalized spacial score (nSPS) is 14.3. The fraction of sp³-hybridized carbons (Fsp3) is 0.321. The largest absolute Gasteiger partial charge is 0.497 e. The van der Waals surface area contributed by atoms with E-state index in [0.717, 1.165) is 73.7 Å². The average molecular weight is 470 g/mol. The topological polar surface area (TPSA) is 71.8 Å². The molecule has 2 aromatic heterocycles. The van der Waals surface area contributed by atoms with Gasteiger partial charge >= 0.3 is 0 Å². The Hall–Kier alpha value is -3.87. The second-order valence-corrected chi connectivity index (χ2v) is 8.98. The van der Waals surface area contributed by atoms with E-state index in [1.807, 2.05) is 41.0 Å². The number of hydrogen-bond donors (Lipinski definition) is 1. The molecule has 35 heavy (non-hydrogen) atoms. The molecule has 3 heterocycles. The van der Waals surface area contributed by atoms with Crippen molar-refractivity contribution in [3.8, 4) is 17.0 Å². The van der Waals surface area contributed by atoms with Crippen LogP contribution in [0.4, 0.5) is 5.82 Å². The molecule has 1 aliphatic heterocycles. The van der Waals surface area contributed by atoms with Crippen molar-refractivity contribution in [2.45, 2.75) is 25.7 Å². The number of nitrogens with zero attached hydrogens (tertiary/aromatic N) is 4. The fourth-order valence-corrected chi connectivity index (χ4v) is 4.72. The zero-order valence-electron chi connectivity index (χ0n) is 20.1. The lowest BCUT2D eigenvalue weighted by Crippen LogP contribution is -2.41. The maximum atomic E-state index is 12.7. The highest BCUT2D eigenvalue weighted by molar-refractivity contribution is 5.79. The van der Waals surface area contributed by atoms with Crippen LogP contribution in [0, 0.1) is 5.92 Å². The highest BCUT2D eigenvalue weighted by Gasteiger charge is 2.26. The molecule has 7 heteroatoms. The first-order valence-electron chi connectivity index (χ1n) is 12.3. The van der Waals surface area contributed by atoms with Crippen LogP contribution in [-0.4, -0.2) is 47.2 Å². The summed E-state index contributed by atoms with van der Waals surface area (Å²) >= 11 is 0. The summed E-state index contributed by atoms with van der Waals surface area (Å²) in [6, 6.07) is 20.4. The number of amides is 1. The Bertz CT molecular complexity index is 1280. The van der Waals surface area contributed by atoms with E-state index in [1.165, 1.54) is 5.56 Å². The number of aryl methyl sites for hydroxylation is 1. The van der Waals surface area contributed by atoms with Gasteiger partial charge in [-0.15, -0.1) is 0 Å². The highest BCUT2D eigenvalue weighted by atomic mass is 16.5. The van der Waals surface area contributed by atoms with Crippen molar-refractivity contribution in [3.05, 3.63) is 78.6 Å². The van der Waals surface area contributed by atoms with Crippen LogP contribution in [0.3, 0.4) is 0 Å². The molecule has 1 fully saturated rings. The number of piperidine rings is 1. The van der Waals surface area contributed by atoms with E-state index in [-0.39, 0.29) is 11.8 Å². The molecule has 0 radical (unpaired) electrons. The Balaban J connectivity index is 1.19. The van der Waals surface area contributed by atoms with Crippen molar-refractivity contribution in [1.82, 2.24) is 19.9 Å². The van der Waals surface area contributed by atoms with Crippen LogP contribution >= 0.6 is 0 Å². The second kappa shape index (κ2) is 10.6. The van der Waals surface area contributed by atoms with Gasteiger partial charge in [0.2, 0.25) is 5.91 Å². The van der Waals surface area contributed by atoms with Crippen molar-refractivity contribution < 1.29 is 9.53 Å². The third-order valence-electron chi connectivity index (χ3n) is 6.68. The van der Waals surface area contributed by atoms with Crippen LogP contribution in [0.25, 0.3) is 16.8 Å². The van der Waals surface area contributed by atoms with Gasteiger partial charge in [-0.2, -0.15) is 5.10 Å². The summed E-state index contributed by atoms with van der Waals surface area (Å²) in [5, 5.41) is 7.89. The number of rotatable bonds is 8. The maximum Gasteiger partial charge on any atom is 0.223 e. The molecule has 1 amide bonds. The standard InChI is InChI=1S/C28H31N5O2/c1-35-24-11-5-10-23(19-24)25-20-26-27(29-15-18-33(26)31-25)32-16-12-22(13-17-32)28(34)30-14-6-9-21-7-3-2-4-8-21/h2-5,7-8,10-11,15,18-20,22H,6,9,12-14,16-17H2,1H3,(H,30,34). The predicted molar refractivity (Wildman–Crippen MR) is 138 cm³/mol. The van der Waals surface area contributed by atoms with E-state index in [1.54, 1.807) is 13.3 Å². The third kappa shape index (κ3) is 5.29. The van der Waals surface area contributed by atoms with Crippen molar-refractivity contribution in [3.63, 3.8) is 0 Å². The number of nitrogens with one attached hydrogen (secondary N) is 1. The van der Waals surface area contributed by atoms with Crippen molar-refractivity contribution in [2.75, 3.05) is 31.6 Å². The number of anilines is 1. The molecule has 1 saturated heterocycles. The minimum absolute atomic E-state index is 0.0555. The second-order valence-electron chi connectivity index (χ2n) is 8.98. The van der Waals surface area contributed by atoms with E-state index in [2.05, 4.69) is 45.5 Å². The molecule has 5 rings (SSSR count). The van der Waals surface area contributed by atoms with E-state index >= 15 is 0 Å². The molecule has 0 saturated carbocycles. The number of carbonyl (C=O) groups excluding carboxylic acids is 1. The van der Waals surface area contributed by atoms with Gasteiger partial charge in [0.15, 0.2) is 5.82 Å². The summed E-state index contributed by atoms with van der Waals surface area (Å²) < 4.78 is 7.24. The molecule has 0 spiro atoms. The highest BCUT2D eigenvalue weighted by Crippen LogP contribution is 2.29. The summed E-state index contributed by atoms with van der Waals surface area (Å²) in [6.07, 6.45) is 7.25. The van der Waals surface area contributed by atoms with Crippen molar-refractivity contribution in [1.29, 1.82) is 0 Å². The average Bonchev–Trinajstić information content (AvgIpc) is 3.36. The summed E-state index contributed by atoms with van der Waals surface area (Å²) in [5.74, 6) is 1.95. The van der Waals surface area contributed by atoms with Crippen molar-refractivity contribution >= 4 is 17.2 Å². The summed E-state index contributed by atoms with van der Waals surface area (Å²) in [5.41, 5.74) is 4.16. The van der Waals surface area contributed by atoms with Crippen molar-refractivity contribution in [2.24, 2.45) is 5.92 Å². The summed E-state index contributed by atoms with van der Waals surface area (Å²) in [4.78, 5) is 19.6. The van der Waals surface area contributed by atoms with Gasteiger partial charge in [0, 0.05) is 43.5 Å². The van der Waals surface area contributed by atoms with E-state index in [9.17, 15) is 4.79 Å². The number of fused-ring (bicyclic) bond motifs is 1. The Morgan fingerprint density at radius 2 is 1.91 bits per heavy atom. The first-order chi connectivity index (χ1) is 17.2. The zero-order chi connectivity index (χ0) is 24.0. The SMILES string of the molecule is COc1cccc(-c2cc3c(N4CCC(C(=O)NCCCc5ccccc5)CC4)nccn3n2)c1. The molecule has 2 aromatic carbocycles. The molecular weight excluding hydrogens is 438 g/mol. The minimum Gasteiger partial charge on any atom is -0.497 e. The number of benzene rings is 2. The van der Waals surface area contributed by atoms with Crippen LogP contribution < -0.4 is 15.0 Å². The molecule has 0 aliphatic carbocycles. The van der Waals surface area contributed by atoms with Gasteiger partial charge < -0.3 is 15.0 Å². The van der Waals surface area contributed by atoms with Gasteiger partial charge in [-0.1, -0.05) is 42.5 Å². The van der Waals surface area contributed by atoms with Gasteiger partial charge in [0.25, 0.3) is 0 Å². The Morgan fingerprint density at radius 3 is 2.71 bits per heavy atom. The van der Waals surface area contributed by atoms with Gasteiger partial charge in [-0.05, 0) is 49.4 Å². The third-order valence-corrected chi connectivity index (χ3v) is 6.68. The predicted octanol–water partition coefficient (Wildman–Crippen LogP) is 4.37. The lowest BCUT2D eigenvalue weighted by atomic mass is 9.95. The molecule has 180 valence electrons. The molecule has 0 unspecified atom stereocenters. The van der Waals surface area contributed by atoms with Crippen LogP contribution in [0.1, 0.15) is 24.8 Å². The van der Waals surface area contributed by atoms with Crippen LogP contribution in [0.5, 0.6) is 5.75 Å². The number of ether oxygens (including phenoxy) is 1. The molecule has 4 aromatic rings. The van der Waals surface area contributed by atoms with E-state index in [4.69, 9.17) is 9.84 Å². The quantitative estimate of drug-likeness (QED) is 0.388. The number of carbonyl (C=O) groups is 1. The monoisotopic (exact) mass is 469 g/mol. The molecule has 0 atom stereocenters. The smallest absolute Gasteiger partial charge is 0.223 e. The Kier molecular flexibility index (Phi) is 6.93. The van der Waals surface area contributed by atoms with Gasteiger partial charge in [0.05, 0.1) is 12.8 Å². The lowest BCUT2D eigenvalue weighted by molar-refractivity contribution is -0.125. The van der Waals surface area contributed by atoms with Crippen LogP contribution in [0.15, 0.2) is 73.1 Å². The summed E-state index contributed by atoms with van der Waals surface area (Å²) in [6.45, 7) is 2.32. The number of aromatic nitrogens is 3. The molecule has 1 N–H and O–H groups in total. The molecular formula is C28H31N5O2. The molecule has 0 bridgehead atoms. The lowest BCUT2D eigenvalue weighted by Gasteiger charge is -2.32. The van der Waals surface area contributed by atoms with Gasteiger partial charge in [-0.3, -0.25) is 4.79 Å². The van der Waals surface area contributed by atoms with Gasteiger partial charge in [-0.25, -0.2) is 9.50 Å². The first-order valence-corrected chi connectivity index (χ1v) is 12.3. The Labute approximate surface area is 205 Å². The van der Waals surface area contributed by atoms with E-state index in [0.29, 0.717) is 0 Å². The van der Waals surface area contributed by atoms with Crippen LogP contribution in [-0.2, 0) is 11.2 Å². The Morgan fingerprint density at radius 1 is 1.09 bits per heavy atom. The first kappa shape index (κ1) is 22.9. The molecule has 1 aliphatic rings. The van der Waals surface area contributed by atoms with Gasteiger partial charge in [0.1, 0.15) is 11.3 Å². The fourth-order valence-electron chi connectivity index (χ4n) is 4.72. The zero-order valence-corrected chi connectivity index (χ0v) is 20.1. The number of hydrogen-bond acceptors (Lipinski definition) is 5. The summed E-state index contributed by atoms with van der Waals surface area (Å²) in [7, 11) is 1.67.